The quantitative estimate of drug-likeness (QED) is 0.335. The maximum Gasteiger partial charge on any atom is 0.348 e. The number of rotatable bonds is 7. The second-order valence-electron chi connectivity index (χ2n) is 4.54. The summed E-state index contributed by atoms with van der Waals surface area (Å²) in [5.41, 5.74) is 1.41. The lowest BCUT2D eigenvalue weighted by Gasteiger charge is -2.10. The minimum Gasteiger partial charge on any atom is -0.496 e. The number of carbonyl (C=O) groups is 1. The number of hydrogen-bond acceptors (Lipinski definition) is 5. The summed E-state index contributed by atoms with van der Waals surface area (Å²) in [4.78, 5) is 11.6. The number of nitriles is 1. The van der Waals surface area contributed by atoms with Crippen LogP contribution in [0.25, 0.3) is 6.08 Å². The standard InChI is InChI=1S/C17H19NO4/c1-5-21-17(19)14(10-18)8-13-6-7-15(9-16(13)20-4)22-11-12(2)3/h6-9H,2,5,11H2,1,3-4H3/b14-8+. The SMILES string of the molecule is C=C(C)COc1ccc(/C=C(\C#N)C(=O)OCC)c(OC)c1. The fraction of sp³-hybridized carbons (Fsp3) is 0.294. The van der Waals surface area contributed by atoms with Gasteiger partial charge in [0.25, 0.3) is 0 Å². The van der Waals surface area contributed by atoms with Crippen LogP contribution in [-0.4, -0.2) is 26.3 Å². The zero-order valence-corrected chi connectivity index (χ0v) is 13.0. The zero-order chi connectivity index (χ0) is 16.5. The third kappa shape index (κ3) is 4.98. The number of methoxy groups -OCH3 is 1. The number of ether oxygens (including phenoxy) is 3. The van der Waals surface area contributed by atoms with Gasteiger partial charge in [-0.15, -0.1) is 0 Å². The first-order valence-electron chi connectivity index (χ1n) is 6.76. The van der Waals surface area contributed by atoms with Gasteiger partial charge in [-0.05, 0) is 37.6 Å². The van der Waals surface area contributed by atoms with Crippen LogP contribution in [0.2, 0.25) is 0 Å². The van der Waals surface area contributed by atoms with Crippen LogP contribution in [0, 0.1) is 11.3 Å². The van der Waals surface area contributed by atoms with Gasteiger partial charge in [-0.25, -0.2) is 4.79 Å². The van der Waals surface area contributed by atoms with Crippen molar-refractivity contribution in [3.8, 4) is 17.6 Å². The summed E-state index contributed by atoms with van der Waals surface area (Å²) < 4.78 is 15.6. The summed E-state index contributed by atoms with van der Waals surface area (Å²) in [7, 11) is 1.51. The summed E-state index contributed by atoms with van der Waals surface area (Å²) >= 11 is 0. The number of esters is 1. The van der Waals surface area contributed by atoms with Gasteiger partial charge >= 0.3 is 5.97 Å². The number of benzene rings is 1. The van der Waals surface area contributed by atoms with E-state index in [1.54, 1.807) is 25.1 Å². The molecule has 0 aromatic heterocycles. The molecule has 0 fully saturated rings. The van der Waals surface area contributed by atoms with Crippen molar-refractivity contribution in [2.45, 2.75) is 13.8 Å². The van der Waals surface area contributed by atoms with Crippen molar-refractivity contribution in [2.24, 2.45) is 0 Å². The maximum atomic E-state index is 11.6. The van der Waals surface area contributed by atoms with E-state index >= 15 is 0 Å². The molecular weight excluding hydrogens is 282 g/mol. The largest absolute Gasteiger partial charge is 0.496 e. The number of hydrogen-bond donors (Lipinski definition) is 0. The Morgan fingerprint density at radius 2 is 2.18 bits per heavy atom. The molecule has 5 nitrogen and oxygen atoms in total. The Bertz CT molecular complexity index is 626. The highest BCUT2D eigenvalue weighted by Crippen LogP contribution is 2.27. The monoisotopic (exact) mass is 301 g/mol. The van der Waals surface area contributed by atoms with Gasteiger partial charge in [0.2, 0.25) is 0 Å². The number of nitrogens with zero attached hydrogens (tertiary/aromatic N) is 1. The van der Waals surface area contributed by atoms with Gasteiger partial charge in [0, 0.05) is 11.6 Å². The Labute approximate surface area is 130 Å². The summed E-state index contributed by atoms with van der Waals surface area (Å²) in [5.74, 6) is 0.456. The smallest absolute Gasteiger partial charge is 0.348 e. The Kier molecular flexibility index (Phi) is 6.71. The predicted molar refractivity (Wildman–Crippen MR) is 83.5 cm³/mol. The molecule has 0 aliphatic carbocycles. The molecule has 0 atom stereocenters. The normalized spacial score (nSPS) is 10.5. The molecule has 1 aromatic rings. The van der Waals surface area contributed by atoms with Gasteiger partial charge in [-0.1, -0.05) is 6.58 Å². The molecule has 1 aromatic carbocycles. The van der Waals surface area contributed by atoms with Crippen molar-refractivity contribution >= 4 is 12.0 Å². The van der Waals surface area contributed by atoms with Crippen LogP contribution in [0.4, 0.5) is 0 Å². The Morgan fingerprint density at radius 3 is 2.73 bits per heavy atom. The highest BCUT2D eigenvalue weighted by atomic mass is 16.5. The first kappa shape index (κ1) is 17.3. The average molecular weight is 301 g/mol. The summed E-state index contributed by atoms with van der Waals surface area (Å²) in [6.07, 6.45) is 1.43. The zero-order valence-electron chi connectivity index (χ0n) is 13.0. The van der Waals surface area contributed by atoms with Gasteiger partial charge in [0.15, 0.2) is 0 Å². The van der Waals surface area contributed by atoms with E-state index in [-0.39, 0.29) is 12.2 Å². The van der Waals surface area contributed by atoms with E-state index in [0.29, 0.717) is 23.7 Å². The molecular formula is C17H19NO4. The second-order valence-corrected chi connectivity index (χ2v) is 4.54. The molecule has 5 heteroatoms. The molecule has 0 amide bonds. The van der Waals surface area contributed by atoms with Gasteiger partial charge in [0.1, 0.15) is 29.7 Å². The first-order chi connectivity index (χ1) is 10.5. The Balaban J connectivity index is 3.06. The fourth-order valence-electron chi connectivity index (χ4n) is 1.61. The van der Waals surface area contributed by atoms with Crippen molar-refractivity contribution < 1.29 is 19.0 Å². The van der Waals surface area contributed by atoms with Crippen LogP contribution < -0.4 is 9.47 Å². The molecule has 0 heterocycles. The minimum atomic E-state index is -0.658. The lowest BCUT2D eigenvalue weighted by Crippen LogP contribution is -2.06. The van der Waals surface area contributed by atoms with Crippen LogP contribution in [0.1, 0.15) is 19.4 Å². The molecule has 0 unspecified atom stereocenters. The Hall–Kier alpha value is -2.74. The molecule has 0 saturated carbocycles. The minimum absolute atomic E-state index is 0.0873. The summed E-state index contributed by atoms with van der Waals surface area (Å²) in [6, 6.07) is 6.96. The Morgan fingerprint density at radius 1 is 1.45 bits per heavy atom. The van der Waals surface area contributed by atoms with Crippen molar-refractivity contribution in [3.63, 3.8) is 0 Å². The van der Waals surface area contributed by atoms with Crippen LogP contribution in [0.15, 0.2) is 35.9 Å². The third-order valence-electron chi connectivity index (χ3n) is 2.61. The van der Waals surface area contributed by atoms with Crippen molar-refractivity contribution in [2.75, 3.05) is 20.3 Å². The molecule has 0 radical (unpaired) electrons. The highest BCUT2D eigenvalue weighted by Gasteiger charge is 2.12. The van der Waals surface area contributed by atoms with Crippen molar-refractivity contribution in [3.05, 3.63) is 41.5 Å². The molecule has 1 rings (SSSR count). The van der Waals surface area contributed by atoms with E-state index in [9.17, 15) is 4.79 Å². The second kappa shape index (κ2) is 8.53. The lowest BCUT2D eigenvalue weighted by molar-refractivity contribution is -0.137. The highest BCUT2D eigenvalue weighted by molar-refractivity contribution is 5.98. The molecule has 0 bridgehead atoms. The molecule has 116 valence electrons. The molecule has 22 heavy (non-hydrogen) atoms. The van der Waals surface area contributed by atoms with E-state index in [1.165, 1.54) is 13.2 Å². The van der Waals surface area contributed by atoms with Crippen LogP contribution in [0.3, 0.4) is 0 Å². The first-order valence-corrected chi connectivity index (χ1v) is 6.76. The van der Waals surface area contributed by atoms with Crippen molar-refractivity contribution in [1.82, 2.24) is 0 Å². The molecule has 0 aliphatic rings. The van der Waals surface area contributed by atoms with Gasteiger partial charge in [-0.2, -0.15) is 5.26 Å². The van der Waals surface area contributed by atoms with Gasteiger partial charge in [-0.3, -0.25) is 0 Å². The van der Waals surface area contributed by atoms with E-state index < -0.39 is 5.97 Å². The third-order valence-corrected chi connectivity index (χ3v) is 2.61. The van der Waals surface area contributed by atoms with E-state index in [1.807, 2.05) is 13.0 Å². The van der Waals surface area contributed by atoms with E-state index in [0.717, 1.165) is 5.57 Å². The topological polar surface area (TPSA) is 68.5 Å². The van der Waals surface area contributed by atoms with Crippen LogP contribution >= 0.6 is 0 Å². The van der Waals surface area contributed by atoms with Crippen molar-refractivity contribution in [1.29, 1.82) is 5.26 Å². The number of carbonyl (C=O) groups excluding carboxylic acids is 1. The molecule has 0 aliphatic heterocycles. The van der Waals surface area contributed by atoms with Crippen LogP contribution in [-0.2, 0) is 9.53 Å². The lowest BCUT2D eigenvalue weighted by atomic mass is 10.1. The maximum absolute atomic E-state index is 11.6. The van der Waals surface area contributed by atoms with E-state index in [4.69, 9.17) is 19.5 Å². The summed E-state index contributed by atoms with van der Waals surface area (Å²) in [5, 5.41) is 9.05. The summed E-state index contributed by atoms with van der Waals surface area (Å²) in [6.45, 7) is 7.93. The van der Waals surface area contributed by atoms with Crippen LogP contribution in [0.5, 0.6) is 11.5 Å². The average Bonchev–Trinajstić information content (AvgIpc) is 2.51. The van der Waals surface area contributed by atoms with Gasteiger partial charge in [0.05, 0.1) is 13.7 Å². The van der Waals surface area contributed by atoms with E-state index in [2.05, 4.69) is 6.58 Å². The molecule has 0 N–H and O–H groups in total. The molecule has 0 spiro atoms. The predicted octanol–water partition coefficient (Wildman–Crippen LogP) is 3.12. The fourth-order valence-corrected chi connectivity index (χ4v) is 1.61. The molecule has 0 saturated heterocycles. The van der Waals surface area contributed by atoms with Gasteiger partial charge < -0.3 is 14.2 Å².